The van der Waals surface area contributed by atoms with Crippen LogP contribution < -0.4 is 9.47 Å². The average Bonchev–Trinajstić information content (AvgIpc) is 3.24. The molecule has 0 aliphatic carbocycles. The second kappa shape index (κ2) is 13.8. The first kappa shape index (κ1) is 28.9. The number of Topliss-reactive ketones (excluding diaryl/α,β-unsaturated/α-hetero) is 1. The number of carbonyl (C=O) groups is 2. The summed E-state index contributed by atoms with van der Waals surface area (Å²) in [5, 5.41) is 11.3. The molecule has 1 N–H and O–H groups in total. The Kier molecular flexibility index (Phi) is 9.97. The summed E-state index contributed by atoms with van der Waals surface area (Å²) in [5.41, 5.74) is 2.34. The number of benzene rings is 3. The lowest BCUT2D eigenvalue weighted by Gasteiger charge is -2.27. The lowest BCUT2D eigenvalue weighted by atomic mass is 9.95. The molecular weight excluding hydrogens is 504 g/mol. The van der Waals surface area contributed by atoms with Crippen molar-refractivity contribution in [3.63, 3.8) is 0 Å². The fraction of sp³-hybridized carbons (Fsp3) is 0.333. The molecule has 3 aromatic carbocycles. The molecule has 1 atom stereocenters. The monoisotopic (exact) mass is 542 g/mol. The van der Waals surface area contributed by atoms with E-state index in [0.717, 1.165) is 30.8 Å². The number of aliphatic hydroxyl groups is 1. The number of ether oxygens (including phenoxy) is 2. The van der Waals surface area contributed by atoms with Gasteiger partial charge in [0.05, 0.1) is 18.2 Å². The summed E-state index contributed by atoms with van der Waals surface area (Å²) in [4.78, 5) is 30.5. The van der Waals surface area contributed by atoms with E-state index in [4.69, 9.17) is 9.47 Å². The first-order valence-corrected chi connectivity index (χ1v) is 14.0. The zero-order valence-electron chi connectivity index (χ0n) is 23.5. The third-order valence-electron chi connectivity index (χ3n) is 7.19. The van der Waals surface area contributed by atoms with Gasteiger partial charge in [0.2, 0.25) is 0 Å². The van der Waals surface area contributed by atoms with Gasteiger partial charge in [0, 0.05) is 12.1 Å². The molecule has 1 fully saturated rings. The minimum absolute atomic E-state index is 0.0925. The van der Waals surface area contributed by atoms with Crippen LogP contribution in [0.2, 0.25) is 0 Å². The molecule has 7 heteroatoms. The van der Waals surface area contributed by atoms with Crippen molar-refractivity contribution < 1.29 is 24.2 Å². The van der Waals surface area contributed by atoms with Crippen LogP contribution in [0.1, 0.15) is 49.9 Å². The van der Waals surface area contributed by atoms with Crippen molar-refractivity contribution in [3.05, 3.63) is 101 Å². The van der Waals surface area contributed by atoms with E-state index in [-0.39, 0.29) is 11.3 Å². The number of aliphatic hydroxyl groups excluding tert-OH is 1. The minimum Gasteiger partial charge on any atom is -0.507 e. The molecule has 0 saturated carbocycles. The van der Waals surface area contributed by atoms with Crippen LogP contribution in [0.15, 0.2) is 84.4 Å². The lowest BCUT2D eigenvalue weighted by Crippen LogP contribution is -2.33. The Labute approximate surface area is 236 Å². The fourth-order valence-corrected chi connectivity index (χ4v) is 4.98. The van der Waals surface area contributed by atoms with Gasteiger partial charge < -0.3 is 24.4 Å². The fourth-order valence-electron chi connectivity index (χ4n) is 4.98. The third kappa shape index (κ3) is 6.72. The summed E-state index contributed by atoms with van der Waals surface area (Å²) in [6.45, 7) is 10.1. The second-order valence-corrected chi connectivity index (χ2v) is 9.67. The van der Waals surface area contributed by atoms with Gasteiger partial charge in [0.25, 0.3) is 11.7 Å². The van der Waals surface area contributed by atoms with Crippen molar-refractivity contribution in [3.8, 4) is 11.5 Å². The molecule has 1 amide bonds. The number of hydrogen-bond donors (Lipinski definition) is 1. The van der Waals surface area contributed by atoms with E-state index in [0.29, 0.717) is 43.2 Å². The highest BCUT2D eigenvalue weighted by molar-refractivity contribution is 6.46. The van der Waals surface area contributed by atoms with Crippen LogP contribution >= 0.6 is 0 Å². The van der Waals surface area contributed by atoms with E-state index >= 15 is 0 Å². The van der Waals surface area contributed by atoms with Gasteiger partial charge in [-0.1, -0.05) is 56.3 Å². The maximum absolute atomic E-state index is 13.4. The molecule has 0 spiro atoms. The second-order valence-electron chi connectivity index (χ2n) is 9.67. The van der Waals surface area contributed by atoms with Gasteiger partial charge in [0.1, 0.15) is 23.9 Å². The number of likely N-dealkylation sites (tertiary alicyclic amines) is 1. The first-order chi connectivity index (χ1) is 19.5. The predicted molar refractivity (Wildman–Crippen MR) is 156 cm³/mol. The van der Waals surface area contributed by atoms with Crippen molar-refractivity contribution >= 4 is 17.4 Å². The Morgan fingerprint density at radius 1 is 0.850 bits per heavy atom. The Bertz CT molecular complexity index is 1300. The molecule has 0 radical (unpaired) electrons. The smallest absolute Gasteiger partial charge is 0.295 e. The predicted octanol–water partition coefficient (Wildman–Crippen LogP) is 5.82. The van der Waals surface area contributed by atoms with Crippen LogP contribution in [0.4, 0.5) is 0 Å². The van der Waals surface area contributed by atoms with E-state index < -0.39 is 17.7 Å². The lowest BCUT2D eigenvalue weighted by molar-refractivity contribution is -0.140. The highest BCUT2D eigenvalue weighted by atomic mass is 16.5. The number of carbonyl (C=O) groups excluding carboxylic acids is 2. The summed E-state index contributed by atoms with van der Waals surface area (Å²) >= 11 is 0. The molecule has 1 unspecified atom stereocenters. The van der Waals surface area contributed by atoms with E-state index in [1.54, 1.807) is 29.2 Å². The molecule has 4 rings (SSSR count). The van der Waals surface area contributed by atoms with Gasteiger partial charge >= 0.3 is 0 Å². The zero-order chi connectivity index (χ0) is 28.5. The van der Waals surface area contributed by atoms with Crippen LogP contribution in [0.3, 0.4) is 0 Å². The maximum atomic E-state index is 13.4. The van der Waals surface area contributed by atoms with Gasteiger partial charge in [-0.2, -0.15) is 0 Å². The van der Waals surface area contributed by atoms with Crippen molar-refractivity contribution in [2.45, 2.75) is 39.8 Å². The number of rotatable bonds is 13. The normalized spacial score (nSPS) is 16.5. The van der Waals surface area contributed by atoms with Gasteiger partial charge in [-0.05, 0) is 80.5 Å². The van der Waals surface area contributed by atoms with Gasteiger partial charge in [-0.15, -0.1) is 0 Å². The molecule has 1 aliphatic rings. The van der Waals surface area contributed by atoms with E-state index in [9.17, 15) is 14.7 Å². The Hall–Kier alpha value is -4.10. The highest BCUT2D eigenvalue weighted by Gasteiger charge is 2.45. The standard InChI is InChI=1S/C33H38N2O5/c1-4-34(5-2)21-10-22-35-30(25-13-17-28(18-14-25)40-23-24-11-8-7-9-12-24)29(32(37)33(35)38)31(36)26-15-19-27(20-16-26)39-6-3/h7-9,11-20,30,36H,4-6,10,21-23H2,1-3H3. The highest BCUT2D eigenvalue weighted by Crippen LogP contribution is 2.40. The largest absolute Gasteiger partial charge is 0.507 e. The van der Waals surface area contributed by atoms with Gasteiger partial charge in [-0.3, -0.25) is 9.59 Å². The van der Waals surface area contributed by atoms with Crippen LogP contribution in [-0.2, 0) is 16.2 Å². The molecule has 1 heterocycles. The summed E-state index contributed by atoms with van der Waals surface area (Å²) in [6, 6.07) is 23.5. The Balaban J connectivity index is 1.64. The Morgan fingerprint density at radius 2 is 1.48 bits per heavy atom. The summed E-state index contributed by atoms with van der Waals surface area (Å²) < 4.78 is 11.5. The third-order valence-corrected chi connectivity index (χ3v) is 7.19. The SMILES string of the molecule is CCOc1ccc(C(O)=C2C(=O)C(=O)N(CCCN(CC)CC)C2c2ccc(OCc3ccccc3)cc2)cc1. The molecule has 7 nitrogen and oxygen atoms in total. The van der Waals surface area contributed by atoms with Crippen LogP contribution in [0.5, 0.6) is 11.5 Å². The zero-order valence-corrected chi connectivity index (χ0v) is 23.5. The number of ketones is 1. The van der Waals surface area contributed by atoms with Crippen LogP contribution in [-0.4, -0.2) is 59.4 Å². The van der Waals surface area contributed by atoms with Crippen molar-refractivity contribution in [2.24, 2.45) is 0 Å². The van der Waals surface area contributed by atoms with E-state index in [1.807, 2.05) is 61.5 Å². The molecule has 3 aromatic rings. The summed E-state index contributed by atoms with van der Waals surface area (Å²) in [5.74, 6) is -0.122. The van der Waals surface area contributed by atoms with Crippen molar-refractivity contribution in [1.82, 2.24) is 9.80 Å². The molecule has 40 heavy (non-hydrogen) atoms. The molecule has 210 valence electrons. The minimum atomic E-state index is -0.702. The van der Waals surface area contributed by atoms with Gasteiger partial charge in [-0.25, -0.2) is 0 Å². The molecule has 1 aliphatic heterocycles. The van der Waals surface area contributed by atoms with Gasteiger partial charge in [0.15, 0.2) is 0 Å². The number of nitrogens with zero attached hydrogens (tertiary/aromatic N) is 2. The van der Waals surface area contributed by atoms with E-state index in [2.05, 4.69) is 18.7 Å². The molecule has 0 aromatic heterocycles. The topological polar surface area (TPSA) is 79.3 Å². The average molecular weight is 543 g/mol. The number of hydrogen-bond acceptors (Lipinski definition) is 6. The number of amides is 1. The maximum Gasteiger partial charge on any atom is 0.295 e. The van der Waals surface area contributed by atoms with Crippen molar-refractivity contribution in [1.29, 1.82) is 0 Å². The first-order valence-electron chi connectivity index (χ1n) is 14.0. The summed E-state index contributed by atoms with van der Waals surface area (Å²) in [7, 11) is 0. The summed E-state index contributed by atoms with van der Waals surface area (Å²) in [6.07, 6.45) is 0.715. The van der Waals surface area contributed by atoms with Crippen LogP contribution in [0, 0.1) is 0 Å². The molecule has 1 saturated heterocycles. The molecular formula is C33H38N2O5. The quantitative estimate of drug-likeness (QED) is 0.167. The van der Waals surface area contributed by atoms with E-state index in [1.165, 1.54) is 0 Å². The molecule has 0 bridgehead atoms. The van der Waals surface area contributed by atoms with Crippen LogP contribution in [0.25, 0.3) is 5.76 Å². The Morgan fingerprint density at radius 3 is 2.10 bits per heavy atom. The van der Waals surface area contributed by atoms with Crippen molar-refractivity contribution in [2.75, 3.05) is 32.8 Å².